The van der Waals surface area contributed by atoms with E-state index < -0.39 is 0 Å². The quantitative estimate of drug-likeness (QED) is 0.515. The van der Waals surface area contributed by atoms with E-state index in [0.29, 0.717) is 19.3 Å². The molecule has 0 aromatic rings. The van der Waals surface area contributed by atoms with Gasteiger partial charge in [-0.05, 0) is 31.7 Å². The van der Waals surface area contributed by atoms with Crippen LogP contribution in [0.4, 0.5) is 0 Å². The van der Waals surface area contributed by atoms with Gasteiger partial charge in [0.25, 0.3) is 0 Å². The third-order valence-electron chi connectivity index (χ3n) is 3.50. The zero-order valence-electron chi connectivity index (χ0n) is 12.8. The van der Waals surface area contributed by atoms with Crippen molar-refractivity contribution in [1.82, 2.24) is 5.32 Å². The van der Waals surface area contributed by atoms with Crippen LogP contribution < -0.4 is 5.32 Å². The molecule has 0 fully saturated rings. The smallest absolute Gasteiger partial charge is 0.0700 e. The first-order chi connectivity index (χ1) is 8.78. The molecule has 1 N–H and O–H groups in total. The van der Waals surface area contributed by atoms with Crippen molar-refractivity contribution in [1.29, 1.82) is 0 Å². The fraction of sp³-hybridized carbons (Fsp3) is 1.00. The summed E-state index contributed by atoms with van der Waals surface area (Å²) in [7, 11) is 1.71. The lowest BCUT2D eigenvalue weighted by Gasteiger charge is -2.23. The predicted octanol–water partition coefficient (Wildman–Crippen LogP) is 3.23. The van der Waals surface area contributed by atoms with Crippen LogP contribution in [0.5, 0.6) is 0 Å². The number of ether oxygens (including phenoxy) is 2. The van der Waals surface area contributed by atoms with Gasteiger partial charge in [0.2, 0.25) is 0 Å². The van der Waals surface area contributed by atoms with Crippen LogP contribution in [0.3, 0.4) is 0 Å². The minimum absolute atomic E-state index is 0.609. The highest BCUT2D eigenvalue weighted by atomic mass is 16.5. The molecule has 0 aliphatic carbocycles. The van der Waals surface area contributed by atoms with Gasteiger partial charge in [0.1, 0.15) is 0 Å². The lowest BCUT2D eigenvalue weighted by atomic mass is 9.93. The topological polar surface area (TPSA) is 30.5 Å². The van der Waals surface area contributed by atoms with Crippen LogP contribution in [0.15, 0.2) is 0 Å². The Kier molecular flexibility index (Phi) is 13.2. The molecule has 0 bridgehead atoms. The lowest BCUT2D eigenvalue weighted by molar-refractivity contribution is 0.0646. The van der Waals surface area contributed by atoms with Crippen molar-refractivity contribution in [2.45, 2.75) is 58.9 Å². The molecule has 0 aliphatic rings. The number of nitrogens with one attached hydrogen (secondary N) is 1. The van der Waals surface area contributed by atoms with E-state index in [9.17, 15) is 0 Å². The van der Waals surface area contributed by atoms with Crippen LogP contribution in [0.2, 0.25) is 0 Å². The van der Waals surface area contributed by atoms with Gasteiger partial charge in [-0.1, -0.05) is 33.6 Å². The fourth-order valence-corrected chi connectivity index (χ4v) is 2.15. The number of rotatable bonds is 13. The van der Waals surface area contributed by atoms with E-state index in [1.165, 1.54) is 25.7 Å². The standard InChI is InChI=1S/C15H33NO2/c1-5-9-16-15(13-14(6-2)7-3)8-10-18-12-11-17-4/h14-16H,5-13H2,1-4H3. The molecule has 0 heterocycles. The van der Waals surface area contributed by atoms with Crippen molar-refractivity contribution in [2.75, 3.05) is 33.5 Å². The first-order valence-electron chi connectivity index (χ1n) is 7.58. The van der Waals surface area contributed by atoms with Crippen LogP contribution in [0, 0.1) is 5.92 Å². The summed E-state index contributed by atoms with van der Waals surface area (Å²) in [6, 6.07) is 0.609. The van der Waals surface area contributed by atoms with E-state index in [1.807, 2.05) is 0 Å². The Balaban J connectivity index is 3.82. The Morgan fingerprint density at radius 3 is 2.28 bits per heavy atom. The van der Waals surface area contributed by atoms with Crippen LogP contribution in [-0.4, -0.2) is 39.5 Å². The zero-order chi connectivity index (χ0) is 13.6. The summed E-state index contributed by atoms with van der Waals surface area (Å²) in [5.41, 5.74) is 0. The Labute approximate surface area is 114 Å². The Bertz CT molecular complexity index is 161. The number of hydrogen-bond acceptors (Lipinski definition) is 3. The molecule has 0 aromatic carbocycles. The van der Waals surface area contributed by atoms with Gasteiger partial charge in [-0.15, -0.1) is 0 Å². The largest absolute Gasteiger partial charge is 0.382 e. The normalized spacial score (nSPS) is 13.2. The van der Waals surface area contributed by atoms with Crippen LogP contribution in [0.25, 0.3) is 0 Å². The second kappa shape index (κ2) is 13.3. The Hall–Kier alpha value is -0.120. The summed E-state index contributed by atoms with van der Waals surface area (Å²) in [6.45, 7) is 10.2. The molecule has 1 atom stereocenters. The monoisotopic (exact) mass is 259 g/mol. The Morgan fingerprint density at radius 2 is 1.72 bits per heavy atom. The molecule has 0 rings (SSSR count). The minimum Gasteiger partial charge on any atom is -0.382 e. The van der Waals surface area contributed by atoms with E-state index in [0.717, 1.165) is 25.5 Å². The molecule has 18 heavy (non-hydrogen) atoms. The van der Waals surface area contributed by atoms with Crippen molar-refractivity contribution in [3.8, 4) is 0 Å². The predicted molar refractivity (Wildman–Crippen MR) is 78.1 cm³/mol. The fourth-order valence-electron chi connectivity index (χ4n) is 2.15. The summed E-state index contributed by atoms with van der Waals surface area (Å²) >= 11 is 0. The van der Waals surface area contributed by atoms with E-state index in [-0.39, 0.29) is 0 Å². The van der Waals surface area contributed by atoms with E-state index in [2.05, 4.69) is 26.1 Å². The summed E-state index contributed by atoms with van der Waals surface area (Å²) < 4.78 is 10.5. The number of hydrogen-bond donors (Lipinski definition) is 1. The highest BCUT2D eigenvalue weighted by Gasteiger charge is 2.13. The average molecular weight is 259 g/mol. The second-order valence-corrected chi connectivity index (χ2v) is 4.96. The molecular weight excluding hydrogens is 226 g/mol. The first kappa shape index (κ1) is 17.9. The molecule has 3 heteroatoms. The van der Waals surface area contributed by atoms with Crippen molar-refractivity contribution >= 4 is 0 Å². The molecule has 0 spiro atoms. The summed E-state index contributed by atoms with van der Waals surface area (Å²) in [6.07, 6.45) is 6.15. The van der Waals surface area contributed by atoms with Gasteiger partial charge in [-0.3, -0.25) is 0 Å². The van der Waals surface area contributed by atoms with Crippen LogP contribution >= 0.6 is 0 Å². The maximum absolute atomic E-state index is 5.57. The van der Waals surface area contributed by atoms with Gasteiger partial charge >= 0.3 is 0 Å². The molecule has 0 aliphatic heterocycles. The van der Waals surface area contributed by atoms with Crippen molar-refractivity contribution in [3.05, 3.63) is 0 Å². The highest BCUT2D eigenvalue weighted by Crippen LogP contribution is 2.16. The SMILES string of the molecule is CCCNC(CCOCCOC)CC(CC)CC. The van der Waals surface area contributed by atoms with Gasteiger partial charge in [0.15, 0.2) is 0 Å². The molecule has 0 radical (unpaired) electrons. The van der Waals surface area contributed by atoms with Gasteiger partial charge in [-0.25, -0.2) is 0 Å². The molecule has 0 aromatic heterocycles. The zero-order valence-corrected chi connectivity index (χ0v) is 12.8. The minimum atomic E-state index is 0.609. The summed E-state index contributed by atoms with van der Waals surface area (Å²) in [5, 5.41) is 3.65. The third-order valence-corrected chi connectivity index (χ3v) is 3.50. The molecule has 0 amide bonds. The highest BCUT2D eigenvalue weighted by molar-refractivity contribution is 4.71. The first-order valence-corrected chi connectivity index (χ1v) is 7.58. The molecule has 110 valence electrons. The molecule has 0 saturated heterocycles. The van der Waals surface area contributed by atoms with Crippen LogP contribution in [0.1, 0.15) is 52.9 Å². The number of methoxy groups -OCH3 is 1. The third kappa shape index (κ3) is 9.86. The summed E-state index contributed by atoms with van der Waals surface area (Å²) in [5.74, 6) is 0.846. The second-order valence-electron chi connectivity index (χ2n) is 4.96. The van der Waals surface area contributed by atoms with E-state index >= 15 is 0 Å². The van der Waals surface area contributed by atoms with Gasteiger partial charge in [0.05, 0.1) is 13.2 Å². The summed E-state index contributed by atoms with van der Waals surface area (Å²) in [4.78, 5) is 0. The maximum atomic E-state index is 5.57. The Morgan fingerprint density at radius 1 is 1.00 bits per heavy atom. The van der Waals surface area contributed by atoms with Crippen molar-refractivity contribution in [2.24, 2.45) is 5.92 Å². The molecule has 3 nitrogen and oxygen atoms in total. The molecule has 0 saturated carbocycles. The average Bonchev–Trinajstić information content (AvgIpc) is 2.40. The maximum Gasteiger partial charge on any atom is 0.0700 e. The van der Waals surface area contributed by atoms with E-state index in [4.69, 9.17) is 9.47 Å². The van der Waals surface area contributed by atoms with Crippen LogP contribution in [-0.2, 0) is 9.47 Å². The van der Waals surface area contributed by atoms with Gasteiger partial charge in [0, 0.05) is 19.8 Å². The lowest BCUT2D eigenvalue weighted by Crippen LogP contribution is -2.33. The van der Waals surface area contributed by atoms with E-state index in [1.54, 1.807) is 7.11 Å². The van der Waals surface area contributed by atoms with Crippen molar-refractivity contribution < 1.29 is 9.47 Å². The van der Waals surface area contributed by atoms with Gasteiger partial charge in [-0.2, -0.15) is 0 Å². The van der Waals surface area contributed by atoms with Gasteiger partial charge < -0.3 is 14.8 Å². The molecular formula is C15H33NO2. The molecule has 1 unspecified atom stereocenters. The van der Waals surface area contributed by atoms with Crippen molar-refractivity contribution in [3.63, 3.8) is 0 Å².